The van der Waals surface area contributed by atoms with Crippen molar-refractivity contribution in [2.75, 3.05) is 7.05 Å². The SMILES string of the molecule is CN1C=Cc2ccncc2C1. The van der Waals surface area contributed by atoms with Crippen molar-refractivity contribution in [2.24, 2.45) is 0 Å². The van der Waals surface area contributed by atoms with Gasteiger partial charge < -0.3 is 4.90 Å². The molecule has 0 aromatic carbocycles. The van der Waals surface area contributed by atoms with Gasteiger partial charge in [-0.05, 0) is 29.5 Å². The number of rotatable bonds is 0. The summed E-state index contributed by atoms with van der Waals surface area (Å²) < 4.78 is 0. The molecule has 2 heteroatoms. The molecule has 56 valence electrons. The molecule has 1 aliphatic rings. The molecule has 0 saturated heterocycles. The lowest BCUT2D eigenvalue weighted by molar-refractivity contribution is 0.447. The summed E-state index contributed by atoms with van der Waals surface area (Å²) in [5.74, 6) is 0. The largest absolute Gasteiger partial charge is 0.376 e. The van der Waals surface area contributed by atoms with Gasteiger partial charge in [-0.2, -0.15) is 0 Å². The molecule has 0 saturated carbocycles. The number of pyridine rings is 1. The van der Waals surface area contributed by atoms with E-state index in [0.717, 1.165) is 6.54 Å². The average molecular weight is 146 g/mol. The number of aromatic nitrogens is 1. The monoisotopic (exact) mass is 146 g/mol. The van der Waals surface area contributed by atoms with E-state index in [2.05, 4.69) is 29.2 Å². The maximum absolute atomic E-state index is 4.07. The van der Waals surface area contributed by atoms with Crippen LogP contribution in [0.2, 0.25) is 0 Å². The molecule has 1 aromatic rings. The first-order valence-corrected chi connectivity index (χ1v) is 3.67. The average Bonchev–Trinajstić information content (AvgIpc) is 2.04. The minimum Gasteiger partial charge on any atom is -0.376 e. The van der Waals surface area contributed by atoms with Crippen molar-refractivity contribution in [2.45, 2.75) is 6.54 Å². The topological polar surface area (TPSA) is 16.1 Å². The zero-order valence-electron chi connectivity index (χ0n) is 6.49. The van der Waals surface area contributed by atoms with Gasteiger partial charge in [-0.1, -0.05) is 0 Å². The predicted octanol–water partition coefficient (Wildman–Crippen LogP) is 1.50. The van der Waals surface area contributed by atoms with Crippen molar-refractivity contribution in [1.29, 1.82) is 0 Å². The van der Waals surface area contributed by atoms with Crippen LogP contribution in [0.4, 0.5) is 0 Å². The first-order chi connectivity index (χ1) is 5.36. The van der Waals surface area contributed by atoms with Gasteiger partial charge in [-0.15, -0.1) is 0 Å². The molecule has 2 rings (SSSR count). The molecule has 0 aliphatic carbocycles. The minimum atomic E-state index is 0.972. The molecular formula is C9H10N2. The van der Waals surface area contributed by atoms with Crippen LogP contribution in [0, 0.1) is 0 Å². The van der Waals surface area contributed by atoms with Gasteiger partial charge in [0.05, 0.1) is 0 Å². The van der Waals surface area contributed by atoms with E-state index in [4.69, 9.17) is 0 Å². The van der Waals surface area contributed by atoms with Gasteiger partial charge in [0.25, 0.3) is 0 Å². The number of fused-ring (bicyclic) bond motifs is 1. The summed E-state index contributed by atoms with van der Waals surface area (Å²) in [4.78, 5) is 6.21. The second-order valence-corrected chi connectivity index (χ2v) is 2.81. The Hall–Kier alpha value is -1.31. The van der Waals surface area contributed by atoms with E-state index < -0.39 is 0 Å². The maximum Gasteiger partial charge on any atom is 0.0441 e. The molecular weight excluding hydrogens is 136 g/mol. The molecule has 0 unspecified atom stereocenters. The molecule has 0 atom stereocenters. The Morgan fingerprint density at radius 3 is 3.36 bits per heavy atom. The van der Waals surface area contributed by atoms with Crippen LogP contribution < -0.4 is 0 Å². The fraction of sp³-hybridized carbons (Fsp3) is 0.222. The van der Waals surface area contributed by atoms with E-state index in [-0.39, 0.29) is 0 Å². The number of hydrogen-bond donors (Lipinski definition) is 0. The molecule has 0 spiro atoms. The highest BCUT2D eigenvalue weighted by Gasteiger charge is 2.05. The molecule has 2 heterocycles. The molecule has 0 bridgehead atoms. The third-order valence-electron chi connectivity index (χ3n) is 1.87. The molecule has 0 radical (unpaired) electrons. The van der Waals surface area contributed by atoms with Crippen molar-refractivity contribution in [1.82, 2.24) is 9.88 Å². The molecule has 2 nitrogen and oxygen atoms in total. The van der Waals surface area contributed by atoms with Gasteiger partial charge in [0, 0.05) is 26.0 Å². The zero-order valence-corrected chi connectivity index (χ0v) is 6.49. The minimum absolute atomic E-state index is 0.972. The summed E-state index contributed by atoms with van der Waals surface area (Å²) in [5.41, 5.74) is 2.59. The van der Waals surface area contributed by atoms with Crippen molar-refractivity contribution in [3.63, 3.8) is 0 Å². The molecule has 1 aliphatic heterocycles. The summed E-state index contributed by atoms with van der Waals surface area (Å²) >= 11 is 0. The van der Waals surface area contributed by atoms with Gasteiger partial charge in [-0.3, -0.25) is 4.98 Å². The van der Waals surface area contributed by atoms with Crippen LogP contribution >= 0.6 is 0 Å². The van der Waals surface area contributed by atoms with Crippen LogP contribution in [0.1, 0.15) is 11.1 Å². The highest BCUT2D eigenvalue weighted by Crippen LogP contribution is 2.16. The van der Waals surface area contributed by atoms with E-state index in [0.29, 0.717) is 0 Å². The van der Waals surface area contributed by atoms with Crippen molar-refractivity contribution in [3.05, 3.63) is 35.8 Å². The first kappa shape index (κ1) is 6.40. The van der Waals surface area contributed by atoms with E-state index in [1.165, 1.54) is 11.1 Å². The highest BCUT2D eigenvalue weighted by atomic mass is 15.1. The summed E-state index contributed by atoms with van der Waals surface area (Å²) in [6.07, 6.45) is 7.95. The Bertz CT molecular complexity index is 291. The Morgan fingerprint density at radius 1 is 1.55 bits per heavy atom. The molecule has 11 heavy (non-hydrogen) atoms. The van der Waals surface area contributed by atoms with Crippen LogP contribution in [0.15, 0.2) is 24.7 Å². The maximum atomic E-state index is 4.07. The van der Waals surface area contributed by atoms with Crippen LogP contribution in [0.5, 0.6) is 0 Å². The van der Waals surface area contributed by atoms with Crippen LogP contribution in [0.3, 0.4) is 0 Å². The van der Waals surface area contributed by atoms with Gasteiger partial charge >= 0.3 is 0 Å². The van der Waals surface area contributed by atoms with Crippen molar-refractivity contribution < 1.29 is 0 Å². The second kappa shape index (κ2) is 2.38. The molecule has 0 N–H and O–H groups in total. The van der Waals surface area contributed by atoms with Crippen LogP contribution in [-0.2, 0) is 6.54 Å². The third kappa shape index (κ3) is 1.11. The van der Waals surface area contributed by atoms with Gasteiger partial charge in [0.2, 0.25) is 0 Å². The number of hydrogen-bond acceptors (Lipinski definition) is 2. The smallest absolute Gasteiger partial charge is 0.0441 e. The van der Waals surface area contributed by atoms with Crippen molar-refractivity contribution >= 4 is 6.08 Å². The Balaban J connectivity index is 2.46. The molecule has 0 amide bonds. The van der Waals surface area contributed by atoms with E-state index >= 15 is 0 Å². The fourth-order valence-corrected chi connectivity index (χ4v) is 1.26. The molecule has 0 fully saturated rings. The Morgan fingerprint density at radius 2 is 2.45 bits per heavy atom. The zero-order chi connectivity index (χ0) is 7.68. The molecule has 1 aromatic heterocycles. The second-order valence-electron chi connectivity index (χ2n) is 2.81. The summed E-state index contributed by atoms with van der Waals surface area (Å²) in [6, 6.07) is 2.04. The lowest BCUT2D eigenvalue weighted by atomic mass is 10.1. The van der Waals surface area contributed by atoms with Gasteiger partial charge in [-0.25, -0.2) is 0 Å². The first-order valence-electron chi connectivity index (χ1n) is 3.67. The van der Waals surface area contributed by atoms with Crippen LogP contribution in [-0.4, -0.2) is 16.9 Å². The summed E-state index contributed by atoms with van der Waals surface area (Å²) in [5, 5.41) is 0. The summed E-state index contributed by atoms with van der Waals surface area (Å²) in [7, 11) is 2.06. The van der Waals surface area contributed by atoms with Crippen molar-refractivity contribution in [3.8, 4) is 0 Å². The van der Waals surface area contributed by atoms with E-state index in [1.54, 1.807) is 0 Å². The Labute approximate surface area is 66.2 Å². The predicted molar refractivity (Wildman–Crippen MR) is 44.7 cm³/mol. The lowest BCUT2D eigenvalue weighted by Gasteiger charge is -2.19. The quantitative estimate of drug-likeness (QED) is 0.551. The van der Waals surface area contributed by atoms with E-state index in [9.17, 15) is 0 Å². The third-order valence-corrected chi connectivity index (χ3v) is 1.87. The highest BCUT2D eigenvalue weighted by molar-refractivity contribution is 5.54. The standard InChI is InChI=1S/C9H10N2/c1-11-5-3-8-2-4-10-6-9(8)7-11/h2-6H,7H2,1H3. The van der Waals surface area contributed by atoms with Crippen LogP contribution in [0.25, 0.3) is 6.08 Å². The van der Waals surface area contributed by atoms with Gasteiger partial charge in [0.1, 0.15) is 0 Å². The fourth-order valence-electron chi connectivity index (χ4n) is 1.26. The van der Waals surface area contributed by atoms with Gasteiger partial charge in [0.15, 0.2) is 0 Å². The lowest BCUT2D eigenvalue weighted by Crippen LogP contribution is -2.14. The van der Waals surface area contributed by atoms with E-state index in [1.807, 2.05) is 18.5 Å². The Kier molecular flexibility index (Phi) is 1.39. The number of nitrogens with zero attached hydrogens (tertiary/aromatic N) is 2. The summed E-state index contributed by atoms with van der Waals surface area (Å²) in [6.45, 7) is 0.972. The normalized spacial score (nSPS) is 14.8.